The lowest BCUT2D eigenvalue weighted by atomic mass is 9.83. The van der Waals surface area contributed by atoms with Gasteiger partial charge in [-0.3, -0.25) is 0 Å². The standard InChI is InChI=1S/C17H26ClNO2/c1-13-10-15(6-7-16(13)18)21-12-14(20)11-19-17(2)8-4-3-5-9-17/h6-7,10,14,19-20H,3-5,8-9,11-12H2,1-2H3. The Bertz CT molecular complexity index is 458. The fraction of sp³-hybridized carbons (Fsp3) is 0.647. The highest BCUT2D eigenvalue weighted by molar-refractivity contribution is 6.31. The molecule has 0 saturated heterocycles. The molecular weight excluding hydrogens is 286 g/mol. The zero-order chi connectivity index (χ0) is 15.3. The third-order valence-electron chi connectivity index (χ3n) is 4.29. The van der Waals surface area contributed by atoms with Crippen LogP contribution < -0.4 is 10.1 Å². The normalized spacial score (nSPS) is 19.2. The minimum Gasteiger partial charge on any atom is -0.491 e. The Morgan fingerprint density at radius 3 is 2.71 bits per heavy atom. The molecule has 0 radical (unpaired) electrons. The molecule has 0 bridgehead atoms. The summed E-state index contributed by atoms with van der Waals surface area (Å²) in [7, 11) is 0. The van der Waals surface area contributed by atoms with Crippen LogP contribution >= 0.6 is 11.6 Å². The largest absolute Gasteiger partial charge is 0.491 e. The smallest absolute Gasteiger partial charge is 0.119 e. The maximum absolute atomic E-state index is 10.1. The summed E-state index contributed by atoms with van der Waals surface area (Å²) in [5.74, 6) is 0.750. The van der Waals surface area contributed by atoms with Crippen molar-refractivity contribution in [1.82, 2.24) is 5.32 Å². The minimum absolute atomic E-state index is 0.177. The molecule has 1 atom stereocenters. The summed E-state index contributed by atoms with van der Waals surface area (Å²) in [6, 6.07) is 5.54. The monoisotopic (exact) mass is 311 g/mol. The molecule has 0 amide bonds. The van der Waals surface area contributed by atoms with Crippen molar-refractivity contribution in [3.63, 3.8) is 0 Å². The first-order valence-corrected chi connectivity index (χ1v) is 8.18. The molecule has 4 heteroatoms. The number of aliphatic hydroxyl groups is 1. The predicted molar refractivity (Wildman–Crippen MR) is 87.2 cm³/mol. The van der Waals surface area contributed by atoms with Crippen LogP contribution in [0.5, 0.6) is 5.75 Å². The Kier molecular flexibility index (Phi) is 5.91. The number of ether oxygens (including phenoxy) is 1. The third-order valence-corrected chi connectivity index (χ3v) is 4.72. The zero-order valence-corrected chi connectivity index (χ0v) is 13.7. The topological polar surface area (TPSA) is 41.5 Å². The van der Waals surface area contributed by atoms with Crippen LogP contribution in [0.4, 0.5) is 0 Å². The molecule has 0 aliphatic heterocycles. The first-order chi connectivity index (χ1) is 9.98. The van der Waals surface area contributed by atoms with Gasteiger partial charge in [-0.25, -0.2) is 0 Å². The molecule has 0 aromatic heterocycles. The van der Waals surface area contributed by atoms with Gasteiger partial charge in [0.15, 0.2) is 0 Å². The van der Waals surface area contributed by atoms with E-state index in [-0.39, 0.29) is 5.54 Å². The van der Waals surface area contributed by atoms with E-state index < -0.39 is 6.10 Å². The Labute approximate surface area is 132 Å². The molecule has 1 aliphatic carbocycles. The summed E-state index contributed by atoms with van der Waals surface area (Å²) in [6.45, 7) is 5.06. The molecule has 1 aromatic rings. The molecule has 3 nitrogen and oxygen atoms in total. The lowest BCUT2D eigenvalue weighted by Gasteiger charge is -2.35. The van der Waals surface area contributed by atoms with E-state index in [1.165, 1.54) is 32.1 Å². The van der Waals surface area contributed by atoms with Crippen LogP contribution in [0.3, 0.4) is 0 Å². The van der Waals surface area contributed by atoms with E-state index in [9.17, 15) is 5.11 Å². The lowest BCUT2D eigenvalue weighted by Crippen LogP contribution is -2.48. The van der Waals surface area contributed by atoms with Gasteiger partial charge in [0.2, 0.25) is 0 Å². The van der Waals surface area contributed by atoms with E-state index in [1.807, 2.05) is 25.1 Å². The van der Waals surface area contributed by atoms with Crippen molar-refractivity contribution < 1.29 is 9.84 Å². The number of benzene rings is 1. The first-order valence-electron chi connectivity index (χ1n) is 7.81. The van der Waals surface area contributed by atoms with E-state index in [1.54, 1.807) is 0 Å². The van der Waals surface area contributed by atoms with Crippen LogP contribution in [0, 0.1) is 6.92 Å². The Hall–Kier alpha value is -0.770. The Balaban J connectivity index is 1.74. The van der Waals surface area contributed by atoms with Crippen LogP contribution in [0.1, 0.15) is 44.6 Å². The predicted octanol–water partition coefficient (Wildman–Crippen LogP) is 3.70. The number of aliphatic hydroxyl groups excluding tert-OH is 1. The summed E-state index contributed by atoms with van der Waals surface area (Å²) in [6.07, 6.45) is 5.77. The summed E-state index contributed by atoms with van der Waals surface area (Å²) in [5.41, 5.74) is 1.16. The van der Waals surface area contributed by atoms with Gasteiger partial charge in [0, 0.05) is 17.1 Å². The molecular formula is C17H26ClNO2. The molecule has 21 heavy (non-hydrogen) atoms. The molecule has 2 N–H and O–H groups in total. The van der Waals surface area contributed by atoms with E-state index in [4.69, 9.17) is 16.3 Å². The van der Waals surface area contributed by atoms with Gasteiger partial charge in [0.05, 0.1) is 0 Å². The zero-order valence-electron chi connectivity index (χ0n) is 13.0. The van der Waals surface area contributed by atoms with E-state index in [2.05, 4.69) is 12.2 Å². The Morgan fingerprint density at radius 2 is 2.05 bits per heavy atom. The summed E-state index contributed by atoms with van der Waals surface area (Å²) in [4.78, 5) is 0. The summed E-state index contributed by atoms with van der Waals surface area (Å²) >= 11 is 5.98. The van der Waals surface area contributed by atoms with Crippen molar-refractivity contribution in [3.05, 3.63) is 28.8 Å². The second-order valence-corrected chi connectivity index (χ2v) is 6.79. The molecule has 2 rings (SSSR count). The van der Waals surface area contributed by atoms with Crippen molar-refractivity contribution in [2.45, 2.75) is 57.6 Å². The minimum atomic E-state index is -0.500. The summed E-state index contributed by atoms with van der Waals surface area (Å²) < 4.78 is 5.63. The van der Waals surface area contributed by atoms with Crippen molar-refractivity contribution in [1.29, 1.82) is 0 Å². The quantitative estimate of drug-likeness (QED) is 0.841. The first kappa shape index (κ1) is 16.6. The SMILES string of the molecule is Cc1cc(OCC(O)CNC2(C)CCCCC2)ccc1Cl. The van der Waals surface area contributed by atoms with Gasteiger partial charge in [-0.05, 0) is 50.5 Å². The van der Waals surface area contributed by atoms with Crippen molar-refractivity contribution in [2.24, 2.45) is 0 Å². The van der Waals surface area contributed by atoms with Crippen LogP contribution in [0.2, 0.25) is 5.02 Å². The lowest BCUT2D eigenvalue weighted by molar-refractivity contribution is 0.0930. The molecule has 1 aliphatic rings. The summed E-state index contributed by atoms with van der Waals surface area (Å²) in [5, 5.41) is 14.3. The number of halogens is 1. The highest BCUT2D eigenvalue weighted by Crippen LogP contribution is 2.27. The molecule has 0 heterocycles. The average Bonchev–Trinajstić information content (AvgIpc) is 2.47. The van der Waals surface area contributed by atoms with E-state index in [0.717, 1.165) is 16.3 Å². The van der Waals surface area contributed by atoms with Gasteiger partial charge in [-0.15, -0.1) is 0 Å². The van der Waals surface area contributed by atoms with Gasteiger partial charge in [-0.1, -0.05) is 30.9 Å². The molecule has 1 fully saturated rings. The molecule has 118 valence electrons. The van der Waals surface area contributed by atoms with Gasteiger partial charge in [0.1, 0.15) is 18.5 Å². The number of rotatable bonds is 6. The van der Waals surface area contributed by atoms with Crippen LogP contribution in [-0.4, -0.2) is 29.9 Å². The average molecular weight is 312 g/mol. The van der Waals surface area contributed by atoms with E-state index in [0.29, 0.717) is 13.2 Å². The van der Waals surface area contributed by atoms with Gasteiger partial charge in [-0.2, -0.15) is 0 Å². The maximum atomic E-state index is 10.1. The fourth-order valence-electron chi connectivity index (χ4n) is 2.83. The number of β-amino-alcohol motifs (C(OH)–C–C–N with tert-alkyl or cyclic N) is 1. The number of nitrogens with one attached hydrogen (secondary N) is 1. The van der Waals surface area contributed by atoms with Gasteiger partial charge in [0.25, 0.3) is 0 Å². The fourth-order valence-corrected chi connectivity index (χ4v) is 2.95. The molecule has 1 saturated carbocycles. The van der Waals surface area contributed by atoms with E-state index >= 15 is 0 Å². The third kappa shape index (κ3) is 5.17. The number of hydrogen-bond donors (Lipinski definition) is 2. The molecule has 1 aromatic carbocycles. The highest BCUT2D eigenvalue weighted by atomic mass is 35.5. The second kappa shape index (κ2) is 7.48. The second-order valence-electron chi connectivity index (χ2n) is 6.38. The van der Waals surface area contributed by atoms with Gasteiger partial charge >= 0.3 is 0 Å². The van der Waals surface area contributed by atoms with Crippen LogP contribution in [0.15, 0.2) is 18.2 Å². The van der Waals surface area contributed by atoms with Crippen LogP contribution in [-0.2, 0) is 0 Å². The van der Waals surface area contributed by atoms with Crippen molar-refractivity contribution in [2.75, 3.05) is 13.2 Å². The maximum Gasteiger partial charge on any atom is 0.119 e. The van der Waals surface area contributed by atoms with Crippen LogP contribution in [0.25, 0.3) is 0 Å². The van der Waals surface area contributed by atoms with Gasteiger partial charge < -0.3 is 15.2 Å². The number of aryl methyl sites for hydroxylation is 1. The molecule has 1 unspecified atom stereocenters. The van der Waals surface area contributed by atoms with Crippen molar-refractivity contribution >= 4 is 11.6 Å². The molecule has 0 spiro atoms. The Morgan fingerprint density at radius 1 is 1.33 bits per heavy atom. The highest BCUT2D eigenvalue weighted by Gasteiger charge is 2.26. The van der Waals surface area contributed by atoms with Crippen molar-refractivity contribution in [3.8, 4) is 5.75 Å². The number of hydrogen-bond acceptors (Lipinski definition) is 3.